The van der Waals surface area contributed by atoms with Gasteiger partial charge in [0.15, 0.2) is 5.78 Å². The minimum Gasteiger partial charge on any atom is -0.450 e. The first-order chi connectivity index (χ1) is 9.65. The maximum absolute atomic E-state index is 12.4. The van der Waals surface area contributed by atoms with E-state index in [1.165, 1.54) is 0 Å². The van der Waals surface area contributed by atoms with Crippen LogP contribution in [0.2, 0.25) is 0 Å². The number of Topliss-reactive ketones (excluding diaryl/α,β-unsaturated/α-hetero) is 1. The highest BCUT2D eigenvalue weighted by molar-refractivity contribution is 7.98. The van der Waals surface area contributed by atoms with Crippen molar-refractivity contribution in [3.63, 3.8) is 0 Å². The second kappa shape index (κ2) is 6.79. The molecule has 0 saturated carbocycles. The van der Waals surface area contributed by atoms with Gasteiger partial charge in [-0.15, -0.1) is 11.8 Å². The van der Waals surface area contributed by atoms with Crippen molar-refractivity contribution in [1.29, 1.82) is 0 Å². The predicted octanol–water partition coefficient (Wildman–Crippen LogP) is 3.07. The third-order valence-electron chi connectivity index (χ3n) is 3.46. The number of hydrogen-bond donors (Lipinski definition) is 0. The minimum atomic E-state index is -0.319. The van der Waals surface area contributed by atoms with Crippen molar-refractivity contribution in [2.75, 3.05) is 26.0 Å². The van der Waals surface area contributed by atoms with Crippen LogP contribution in [0.5, 0.6) is 0 Å². The zero-order valence-electron chi connectivity index (χ0n) is 11.8. The molecule has 1 amide bonds. The van der Waals surface area contributed by atoms with Crippen LogP contribution < -0.4 is 0 Å². The average Bonchev–Trinajstić information content (AvgIpc) is 2.97. The molecule has 4 nitrogen and oxygen atoms in total. The Morgan fingerprint density at radius 1 is 1.35 bits per heavy atom. The van der Waals surface area contributed by atoms with Crippen LogP contribution in [-0.2, 0) is 4.74 Å². The quantitative estimate of drug-likeness (QED) is 0.632. The molecular formula is C15H19NO3S. The van der Waals surface area contributed by atoms with Crippen LogP contribution in [0.1, 0.15) is 23.7 Å². The molecule has 1 aromatic carbocycles. The molecule has 1 heterocycles. The summed E-state index contributed by atoms with van der Waals surface area (Å²) in [6.45, 7) is 3.20. The van der Waals surface area contributed by atoms with Gasteiger partial charge in [-0.05, 0) is 31.7 Å². The second-order valence-corrected chi connectivity index (χ2v) is 5.60. The van der Waals surface area contributed by atoms with Crippen LogP contribution in [-0.4, -0.2) is 42.7 Å². The average molecular weight is 293 g/mol. The Morgan fingerprint density at radius 3 is 2.65 bits per heavy atom. The first-order valence-corrected chi connectivity index (χ1v) is 7.98. The third kappa shape index (κ3) is 3.33. The number of ketones is 1. The van der Waals surface area contributed by atoms with Gasteiger partial charge in [0.25, 0.3) is 0 Å². The summed E-state index contributed by atoms with van der Waals surface area (Å²) in [5.41, 5.74) is 0.721. The number of hydrogen-bond acceptors (Lipinski definition) is 4. The van der Waals surface area contributed by atoms with Gasteiger partial charge in [-0.25, -0.2) is 4.79 Å². The fourth-order valence-electron chi connectivity index (χ4n) is 2.35. The fourth-order valence-corrected chi connectivity index (χ4v) is 2.75. The highest BCUT2D eigenvalue weighted by atomic mass is 32.2. The van der Waals surface area contributed by atoms with Crippen molar-refractivity contribution in [3.8, 4) is 0 Å². The Kier molecular flexibility index (Phi) is 5.06. The Balaban J connectivity index is 1.98. The van der Waals surface area contributed by atoms with Crippen molar-refractivity contribution in [1.82, 2.24) is 4.90 Å². The topological polar surface area (TPSA) is 46.6 Å². The number of carbonyl (C=O) groups excluding carboxylic acids is 2. The van der Waals surface area contributed by atoms with E-state index in [1.807, 2.05) is 30.5 Å². The molecule has 1 unspecified atom stereocenters. The lowest BCUT2D eigenvalue weighted by Crippen LogP contribution is -2.30. The van der Waals surface area contributed by atoms with Crippen LogP contribution in [0.15, 0.2) is 29.2 Å². The smallest absolute Gasteiger partial charge is 0.409 e. The maximum atomic E-state index is 12.4. The summed E-state index contributed by atoms with van der Waals surface area (Å²) in [7, 11) is 0. The molecule has 1 saturated heterocycles. The number of thioether (sulfide) groups is 1. The van der Waals surface area contributed by atoms with Crippen LogP contribution in [0.25, 0.3) is 0 Å². The van der Waals surface area contributed by atoms with E-state index in [0.29, 0.717) is 26.1 Å². The van der Waals surface area contributed by atoms with Crippen LogP contribution in [0, 0.1) is 5.92 Å². The Morgan fingerprint density at radius 2 is 2.05 bits per heavy atom. The molecule has 0 aromatic heterocycles. The molecule has 1 atom stereocenters. The second-order valence-electron chi connectivity index (χ2n) is 4.72. The van der Waals surface area contributed by atoms with Crippen LogP contribution >= 0.6 is 11.8 Å². The molecule has 5 heteroatoms. The molecular weight excluding hydrogens is 274 g/mol. The summed E-state index contributed by atoms with van der Waals surface area (Å²) >= 11 is 1.65. The molecule has 0 radical (unpaired) electrons. The van der Waals surface area contributed by atoms with Gasteiger partial charge in [0, 0.05) is 29.5 Å². The van der Waals surface area contributed by atoms with Crippen LogP contribution in [0.4, 0.5) is 4.79 Å². The summed E-state index contributed by atoms with van der Waals surface area (Å²) in [6, 6.07) is 7.63. The summed E-state index contributed by atoms with van der Waals surface area (Å²) in [6.07, 6.45) is 2.40. The molecule has 1 aromatic rings. The standard InChI is InChI=1S/C15H19NO3S/c1-3-19-15(18)16-9-8-12(10-16)14(17)11-4-6-13(20-2)7-5-11/h4-7,12H,3,8-10H2,1-2H3. The first kappa shape index (κ1) is 14.9. The molecule has 1 aliphatic heterocycles. The van der Waals surface area contributed by atoms with Gasteiger partial charge in [0.1, 0.15) is 0 Å². The van der Waals surface area contributed by atoms with E-state index in [0.717, 1.165) is 10.5 Å². The lowest BCUT2D eigenvalue weighted by molar-refractivity contribution is 0.0912. The van der Waals surface area contributed by atoms with Gasteiger partial charge in [-0.2, -0.15) is 0 Å². The number of benzene rings is 1. The monoisotopic (exact) mass is 293 g/mol. The number of ether oxygens (including phenoxy) is 1. The van der Waals surface area contributed by atoms with Gasteiger partial charge in [-0.3, -0.25) is 4.79 Å². The molecule has 0 spiro atoms. The number of likely N-dealkylation sites (tertiary alicyclic amines) is 1. The summed E-state index contributed by atoms with van der Waals surface area (Å²) in [5, 5.41) is 0. The molecule has 1 aliphatic rings. The van der Waals surface area contributed by atoms with Crippen molar-refractivity contribution >= 4 is 23.6 Å². The lowest BCUT2D eigenvalue weighted by atomic mass is 9.97. The molecule has 2 rings (SSSR count). The first-order valence-electron chi connectivity index (χ1n) is 6.75. The zero-order valence-corrected chi connectivity index (χ0v) is 12.6. The maximum Gasteiger partial charge on any atom is 0.409 e. The van der Waals surface area contributed by atoms with Crippen LogP contribution in [0.3, 0.4) is 0 Å². The van der Waals surface area contributed by atoms with E-state index in [9.17, 15) is 9.59 Å². The largest absolute Gasteiger partial charge is 0.450 e. The van der Waals surface area contributed by atoms with E-state index >= 15 is 0 Å². The highest BCUT2D eigenvalue weighted by Crippen LogP contribution is 2.23. The molecule has 0 N–H and O–H groups in total. The number of carbonyl (C=O) groups is 2. The fraction of sp³-hybridized carbons (Fsp3) is 0.467. The molecule has 0 bridgehead atoms. The van der Waals surface area contributed by atoms with E-state index in [-0.39, 0.29) is 17.8 Å². The molecule has 20 heavy (non-hydrogen) atoms. The van der Waals surface area contributed by atoms with Crippen molar-refractivity contribution in [3.05, 3.63) is 29.8 Å². The van der Waals surface area contributed by atoms with Crippen molar-refractivity contribution < 1.29 is 14.3 Å². The van der Waals surface area contributed by atoms with Gasteiger partial charge in [0.2, 0.25) is 0 Å². The Bertz CT molecular complexity index is 486. The molecule has 1 fully saturated rings. The van der Waals surface area contributed by atoms with Crippen molar-refractivity contribution in [2.45, 2.75) is 18.2 Å². The zero-order chi connectivity index (χ0) is 14.5. The minimum absolute atomic E-state index is 0.112. The number of rotatable bonds is 4. The molecule has 108 valence electrons. The predicted molar refractivity (Wildman–Crippen MR) is 79.3 cm³/mol. The Hall–Kier alpha value is -1.49. The highest BCUT2D eigenvalue weighted by Gasteiger charge is 2.32. The third-order valence-corrected chi connectivity index (χ3v) is 4.20. The number of nitrogens with zero attached hydrogens (tertiary/aromatic N) is 1. The number of amides is 1. The summed E-state index contributed by atoms with van der Waals surface area (Å²) in [5.74, 6) is 0.00369. The summed E-state index contributed by atoms with van der Waals surface area (Å²) < 4.78 is 4.96. The molecule has 0 aliphatic carbocycles. The lowest BCUT2D eigenvalue weighted by Gasteiger charge is -2.15. The van der Waals surface area contributed by atoms with Gasteiger partial charge < -0.3 is 9.64 Å². The normalized spacial score (nSPS) is 18.1. The van der Waals surface area contributed by atoms with E-state index in [2.05, 4.69) is 0 Å². The SMILES string of the molecule is CCOC(=O)N1CCC(C(=O)c2ccc(SC)cc2)C1. The summed E-state index contributed by atoms with van der Waals surface area (Å²) in [4.78, 5) is 26.8. The van der Waals surface area contributed by atoms with Gasteiger partial charge in [-0.1, -0.05) is 12.1 Å². The van der Waals surface area contributed by atoms with Gasteiger partial charge >= 0.3 is 6.09 Å². The van der Waals surface area contributed by atoms with Crippen molar-refractivity contribution in [2.24, 2.45) is 5.92 Å². The van der Waals surface area contributed by atoms with E-state index in [1.54, 1.807) is 23.6 Å². The van der Waals surface area contributed by atoms with E-state index < -0.39 is 0 Å². The van der Waals surface area contributed by atoms with E-state index in [4.69, 9.17) is 4.74 Å². The Labute approximate surface area is 123 Å². The van der Waals surface area contributed by atoms with Gasteiger partial charge in [0.05, 0.1) is 6.61 Å².